The van der Waals surface area contributed by atoms with E-state index in [9.17, 15) is 0 Å². The summed E-state index contributed by atoms with van der Waals surface area (Å²) in [5, 5.41) is 0. The van der Waals surface area contributed by atoms with Crippen LogP contribution in [0.3, 0.4) is 0 Å². The third-order valence-corrected chi connectivity index (χ3v) is 5.07. The van der Waals surface area contributed by atoms with Crippen molar-refractivity contribution in [2.24, 2.45) is 5.41 Å². The summed E-state index contributed by atoms with van der Waals surface area (Å²) in [5.74, 6) is 1.02. The lowest BCUT2D eigenvalue weighted by molar-refractivity contribution is 0.00662. The molecule has 3 heteroatoms. The van der Waals surface area contributed by atoms with Gasteiger partial charge in [-0.05, 0) is 49.9 Å². The Morgan fingerprint density at radius 3 is 2.12 bits per heavy atom. The van der Waals surface area contributed by atoms with Gasteiger partial charge in [0.15, 0.2) is 0 Å². The number of rotatable bonds is 3. The zero-order valence-corrected chi connectivity index (χ0v) is 11.9. The monoisotopic (exact) mass is 257 g/mol. The van der Waals surface area contributed by atoms with Crippen LogP contribution in [0.4, 0.5) is 0 Å². The second kappa shape index (κ2) is 7.01. The molecule has 100 valence electrons. The molecular weight excluding hydrogens is 230 g/mol. The van der Waals surface area contributed by atoms with Gasteiger partial charge in [0, 0.05) is 19.8 Å². The Labute approximate surface area is 112 Å². The molecule has 0 spiro atoms. The lowest BCUT2D eigenvalue weighted by Crippen LogP contribution is -2.43. The highest BCUT2D eigenvalue weighted by atomic mass is 32.1. The number of hydrogen-bond donors (Lipinski definition) is 1. The van der Waals surface area contributed by atoms with Gasteiger partial charge in [-0.1, -0.05) is 19.3 Å². The fourth-order valence-electron chi connectivity index (χ4n) is 3.12. The van der Waals surface area contributed by atoms with E-state index in [-0.39, 0.29) is 0 Å². The molecule has 0 amide bonds. The van der Waals surface area contributed by atoms with Crippen LogP contribution in [0.5, 0.6) is 0 Å². The van der Waals surface area contributed by atoms with Crippen molar-refractivity contribution in [1.82, 2.24) is 4.90 Å². The molecule has 2 nitrogen and oxygen atoms in total. The van der Waals surface area contributed by atoms with Crippen molar-refractivity contribution >= 4 is 12.6 Å². The van der Waals surface area contributed by atoms with Crippen LogP contribution < -0.4 is 0 Å². The number of likely N-dealkylation sites (tertiary alicyclic amines) is 1. The fraction of sp³-hybridized carbons (Fsp3) is 1.00. The average Bonchev–Trinajstić information content (AvgIpc) is 2.34. The third kappa shape index (κ3) is 4.15. The number of hydrogen-bond acceptors (Lipinski definition) is 3. The average molecular weight is 257 g/mol. The summed E-state index contributed by atoms with van der Waals surface area (Å²) in [6.45, 7) is 5.73. The van der Waals surface area contributed by atoms with Crippen LogP contribution >= 0.6 is 12.6 Å². The molecule has 0 aromatic rings. The molecule has 0 aromatic heterocycles. The maximum absolute atomic E-state index is 5.51. The van der Waals surface area contributed by atoms with E-state index < -0.39 is 0 Å². The summed E-state index contributed by atoms with van der Waals surface area (Å²) in [4.78, 5) is 2.70. The maximum atomic E-state index is 5.51. The highest BCUT2D eigenvalue weighted by molar-refractivity contribution is 7.80. The van der Waals surface area contributed by atoms with E-state index in [1.54, 1.807) is 0 Å². The molecule has 0 bridgehead atoms. The molecule has 0 aromatic carbocycles. The first kappa shape index (κ1) is 13.7. The zero-order chi connectivity index (χ0) is 12.0. The van der Waals surface area contributed by atoms with E-state index in [0.29, 0.717) is 5.41 Å². The van der Waals surface area contributed by atoms with Crippen LogP contribution in [0.15, 0.2) is 0 Å². The Kier molecular flexibility index (Phi) is 5.64. The first-order valence-corrected chi connectivity index (χ1v) is 7.89. The van der Waals surface area contributed by atoms with E-state index in [1.807, 2.05) is 0 Å². The normalized spacial score (nSPS) is 27.4. The third-order valence-electron chi connectivity index (χ3n) is 4.40. The number of nitrogens with zero attached hydrogens (tertiary/aromatic N) is 1. The highest BCUT2D eigenvalue weighted by Gasteiger charge is 2.33. The largest absolute Gasteiger partial charge is 0.381 e. The van der Waals surface area contributed by atoms with Crippen LogP contribution in [-0.4, -0.2) is 43.5 Å². The number of ether oxygens (including phenoxy) is 1. The first-order valence-electron chi connectivity index (χ1n) is 7.26. The summed E-state index contributed by atoms with van der Waals surface area (Å²) in [6, 6.07) is 0. The minimum atomic E-state index is 0.431. The molecule has 2 heterocycles. The van der Waals surface area contributed by atoms with Gasteiger partial charge >= 0.3 is 0 Å². The van der Waals surface area contributed by atoms with Crippen molar-refractivity contribution in [3.05, 3.63) is 0 Å². The highest BCUT2D eigenvalue weighted by Crippen LogP contribution is 2.33. The quantitative estimate of drug-likeness (QED) is 0.780. The minimum Gasteiger partial charge on any atom is -0.381 e. The lowest BCUT2D eigenvalue weighted by Gasteiger charge is -2.40. The summed E-state index contributed by atoms with van der Waals surface area (Å²) in [6.07, 6.45) is 9.47. The van der Waals surface area contributed by atoms with Gasteiger partial charge in [-0.25, -0.2) is 0 Å². The van der Waals surface area contributed by atoms with Gasteiger partial charge in [0.05, 0.1) is 0 Å². The van der Waals surface area contributed by atoms with Gasteiger partial charge in [0.1, 0.15) is 0 Å². The molecule has 0 N–H and O–H groups in total. The molecule has 0 unspecified atom stereocenters. The predicted molar refractivity (Wildman–Crippen MR) is 75.9 cm³/mol. The molecule has 2 aliphatic heterocycles. The number of thiol groups is 1. The second-order valence-corrected chi connectivity index (χ2v) is 6.13. The molecule has 2 saturated heterocycles. The summed E-state index contributed by atoms with van der Waals surface area (Å²) < 4.78 is 5.51. The van der Waals surface area contributed by atoms with Crippen molar-refractivity contribution in [3.63, 3.8) is 0 Å². The van der Waals surface area contributed by atoms with Crippen LogP contribution in [0.25, 0.3) is 0 Å². The fourth-order valence-corrected chi connectivity index (χ4v) is 3.53. The Balaban J connectivity index is 1.86. The van der Waals surface area contributed by atoms with E-state index in [0.717, 1.165) is 19.0 Å². The molecule has 2 rings (SSSR count). The summed E-state index contributed by atoms with van der Waals surface area (Å²) in [5.41, 5.74) is 0.431. The Hall–Kier alpha value is 0.270. The second-order valence-electron chi connectivity index (χ2n) is 5.81. The summed E-state index contributed by atoms with van der Waals surface area (Å²) >= 11 is 4.61. The van der Waals surface area contributed by atoms with Gasteiger partial charge in [0.25, 0.3) is 0 Å². The van der Waals surface area contributed by atoms with Gasteiger partial charge < -0.3 is 9.64 Å². The van der Waals surface area contributed by atoms with Crippen molar-refractivity contribution in [3.8, 4) is 0 Å². The summed E-state index contributed by atoms with van der Waals surface area (Å²) in [7, 11) is 0. The first-order chi connectivity index (χ1) is 8.35. The van der Waals surface area contributed by atoms with E-state index in [1.165, 1.54) is 64.6 Å². The predicted octanol–water partition coefficient (Wildman–Crippen LogP) is 2.98. The molecule has 0 atom stereocenters. The van der Waals surface area contributed by atoms with E-state index in [2.05, 4.69) is 17.5 Å². The van der Waals surface area contributed by atoms with Crippen molar-refractivity contribution in [2.75, 3.05) is 38.6 Å². The zero-order valence-electron chi connectivity index (χ0n) is 11.0. The van der Waals surface area contributed by atoms with Crippen LogP contribution in [-0.2, 0) is 4.74 Å². The van der Waals surface area contributed by atoms with Crippen LogP contribution in [0.1, 0.15) is 44.9 Å². The van der Waals surface area contributed by atoms with E-state index >= 15 is 0 Å². The van der Waals surface area contributed by atoms with Gasteiger partial charge in [-0.15, -0.1) is 0 Å². The SMILES string of the molecule is SCC1(CN2CCCCCCC2)CCOCC1. The van der Waals surface area contributed by atoms with Gasteiger partial charge in [-0.3, -0.25) is 0 Å². The van der Waals surface area contributed by atoms with Gasteiger partial charge in [-0.2, -0.15) is 12.6 Å². The molecule has 2 aliphatic rings. The van der Waals surface area contributed by atoms with Gasteiger partial charge in [0.2, 0.25) is 0 Å². The van der Waals surface area contributed by atoms with Crippen molar-refractivity contribution in [1.29, 1.82) is 0 Å². The van der Waals surface area contributed by atoms with Crippen molar-refractivity contribution in [2.45, 2.75) is 44.9 Å². The Morgan fingerprint density at radius 2 is 1.53 bits per heavy atom. The molecule has 17 heavy (non-hydrogen) atoms. The molecule has 0 radical (unpaired) electrons. The molecule has 0 aliphatic carbocycles. The standard InChI is InChI=1S/C14H27NOS/c17-13-14(6-10-16-11-7-14)12-15-8-4-2-1-3-5-9-15/h17H,1-13H2. The topological polar surface area (TPSA) is 12.5 Å². The maximum Gasteiger partial charge on any atom is 0.0472 e. The lowest BCUT2D eigenvalue weighted by atomic mass is 9.81. The van der Waals surface area contributed by atoms with E-state index in [4.69, 9.17) is 4.74 Å². The van der Waals surface area contributed by atoms with Crippen molar-refractivity contribution < 1.29 is 4.74 Å². The Morgan fingerprint density at radius 1 is 0.941 bits per heavy atom. The Bertz CT molecular complexity index is 208. The molecular formula is C14H27NOS. The van der Waals surface area contributed by atoms with Crippen LogP contribution in [0.2, 0.25) is 0 Å². The smallest absolute Gasteiger partial charge is 0.0472 e. The molecule has 2 fully saturated rings. The minimum absolute atomic E-state index is 0.431. The van der Waals surface area contributed by atoms with Crippen LogP contribution in [0, 0.1) is 5.41 Å². The molecule has 0 saturated carbocycles.